The van der Waals surface area contributed by atoms with Crippen LogP contribution in [-0.4, -0.2) is 41.5 Å². The second-order valence-corrected chi connectivity index (χ2v) is 6.80. The molecule has 0 spiro atoms. The van der Waals surface area contributed by atoms with Crippen LogP contribution in [0.2, 0.25) is 0 Å². The minimum Gasteiger partial charge on any atom is -0.497 e. The molecule has 1 saturated heterocycles. The standard InChI is InChI=1S/C20H23N3O2/c1-25-17-6-2-4-14(12-17)19-18(9-11-23(19)16-7-8-16)22-20(24)15-5-3-10-21-13-15/h2-6,10,12-13,16,18-19H,7-9,11H2,1H3,(H,22,24)/t18-,19+/m1/s1. The second kappa shape index (κ2) is 6.84. The molecule has 1 N–H and O–H groups in total. The van der Waals surface area contributed by atoms with Gasteiger partial charge in [0.2, 0.25) is 0 Å². The lowest BCUT2D eigenvalue weighted by atomic mass is 9.99. The van der Waals surface area contributed by atoms with Crippen molar-refractivity contribution in [3.63, 3.8) is 0 Å². The summed E-state index contributed by atoms with van der Waals surface area (Å²) in [6.07, 6.45) is 6.77. The summed E-state index contributed by atoms with van der Waals surface area (Å²) in [5.74, 6) is 0.807. The van der Waals surface area contributed by atoms with Crippen LogP contribution in [0.4, 0.5) is 0 Å². The Bertz CT molecular complexity index is 746. The van der Waals surface area contributed by atoms with E-state index in [4.69, 9.17) is 4.74 Å². The molecule has 0 unspecified atom stereocenters. The molecule has 1 saturated carbocycles. The molecule has 4 rings (SSSR count). The number of carbonyl (C=O) groups is 1. The fourth-order valence-electron chi connectivity index (χ4n) is 3.78. The van der Waals surface area contributed by atoms with Crippen LogP contribution in [0.15, 0.2) is 48.8 Å². The van der Waals surface area contributed by atoms with Gasteiger partial charge in [-0.05, 0) is 49.1 Å². The van der Waals surface area contributed by atoms with Crippen LogP contribution in [0.5, 0.6) is 5.75 Å². The van der Waals surface area contributed by atoms with Gasteiger partial charge < -0.3 is 10.1 Å². The van der Waals surface area contributed by atoms with Crippen LogP contribution in [0, 0.1) is 0 Å². The van der Waals surface area contributed by atoms with Gasteiger partial charge in [0.15, 0.2) is 0 Å². The average molecular weight is 337 g/mol. The molecule has 1 aliphatic heterocycles. The average Bonchev–Trinajstić information content (AvgIpc) is 3.43. The van der Waals surface area contributed by atoms with Crippen molar-refractivity contribution in [2.24, 2.45) is 0 Å². The lowest BCUT2D eigenvalue weighted by molar-refractivity contribution is 0.0923. The third-order valence-corrected chi connectivity index (χ3v) is 5.13. The van der Waals surface area contributed by atoms with E-state index in [-0.39, 0.29) is 18.0 Å². The molecule has 2 atom stereocenters. The van der Waals surface area contributed by atoms with E-state index >= 15 is 0 Å². The molecule has 1 aromatic carbocycles. The van der Waals surface area contributed by atoms with E-state index in [1.807, 2.05) is 12.1 Å². The van der Waals surface area contributed by atoms with Crippen molar-refractivity contribution in [3.05, 3.63) is 59.9 Å². The summed E-state index contributed by atoms with van der Waals surface area (Å²) in [5.41, 5.74) is 1.82. The summed E-state index contributed by atoms with van der Waals surface area (Å²) in [6, 6.07) is 12.8. The molecule has 0 bridgehead atoms. The van der Waals surface area contributed by atoms with Crippen molar-refractivity contribution >= 4 is 5.91 Å². The normalized spacial score (nSPS) is 23.4. The summed E-state index contributed by atoms with van der Waals surface area (Å²) in [6.45, 7) is 1.02. The lowest BCUT2D eigenvalue weighted by Crippen LogP contribution is -2.40. The third kappa shape index (κ3) is 3.37. The highest BCUT2D eigenvalue weighted by atomic mass is 16.5. The number of rotatable bonds is 5. The van der Waals surface area contributed by atoms with E-state index in [1.54, 1.807) is 31.6 Å². The Hall–Kier alpha value is -2.40. The number of ether oxygens (including phenoxy) is 1. The van der Waals surface area contributed by atoms with Crippen molar-refractivity contribution in [3.8, 4) is 5.75 Å². The van der Waals surface area contributed by atoms with Crippen molar-refractivity contribution < 1.29 is 9.53 Å². The number of nitrogens with one attached hydrogen (secondary N) is 1. The number of aromatic nitrogens is 1. The van der Waals surface area contributed by atoms with Gasteiger partial charge in [-0.3, -0.25) is 14.7 Å². The first-order valence-corrected chi connectivity index (χ1v) is 8.87. The monoisotopic (exact) mass is 337 g/mol. The largest absolute Gasteiger partial charge is 0.497 e. The van der Waals surface area contributed by atoms with E-state index in [2.05, 4.69) is 27.3 Å². The van der Waals surface area contributed by atoms with Crippen molar-refractivity contribution in [2.75, 3.05) is 13.7 Å². The number of amides is 1. The smallest absolute Gasteiger partial charge is 0.253 e. The number of carbonyl (C=O) groups excluding carboxylic acids is 1. The summed E-state index contributed by atoms with van der Waals surface area (Å²) >= 11 is 0. The number of benzene rings is 1. The van der Waals surface area contributed by atoms with Gasteiger partial charge in [0.05, 0.1) is 24.8 Å². The van der Waals surface area contributed by atoms with Crippen LogP contribution in [0.25, 0.3) is 0 Å². The van der Waals surface area contributed by atoms with E-state index in [1.165, 1.54) is 18.4 Å². The van der Waals surface area contributed by atoms with Gasteiger partial charge in [0.1, 0.15) is 5.75 Å². The van der Waals surface area contributed by atoms with E-state index in [9.17, 15) is 4.79 Å². The fraction of sp³-hybridized carbons (Fsp3) is 0.400. The van der Waals surface area contributed by atoms with Crippen molar-refractivity contribution in [2.45, 2.75) is 37.4 Å². The van der Waals surface area contributed by atoms with Gasteiger partial charge in [0, 0.05) is 25.0 Å². The van der Waals surface area contributed by atoms with Gasteiger partial charge in [-0.25, -0.2) is 0 Å². The number of pyridine rings is 1. The molecule has 1 aliphatic carbocycles. The lowest BCUT2D eigenvalue weighted by Gasteiger charge is -2.29. The number of nitrogens with zero attached hydrogens (tertiary/aromatic N) is 2. The van der Waals surface area contributed by atoms with Gasteiger partial charge in [-0.1, -0.05) is 12.1 Å². The molecule has 1 aromatic heterocycles. The first kappa shape index (κ1) is 16.1. The molecule has 2 aliphatic rings. The number of hydrogen-bond acceptors (Lipinski definition) is 4. The molecule has 2 fully saturated rings. The Morgan fingerprint density at radius 3 is 2.84 bits per heavy atom. The zero-order valence-corrected chi connectivity index (χ0v) is 14.4. The van der Waals surface area contributed by atoms with Crippen LogP contribution in [0.1, 0.15) is 41.2 Å². The van der Waals surface area contributed by atoms with Gasteiger partial charge >= 0.3 is 0 Å². The van der Waals surface area contributed by atoms with E-state index in [0.29, 0.717) is 11.6 Å². The van der Waals surface area contributed by atoms with E-state index in [0.717, 1.165) is 18.7 Å². The highest BCUT2D eigenvalue weighted by Crippen LogP contribution is 2.41. The summed E-state index contributed by atoms with van der Waals surface area (Å²) in [5, 5.41) is 3.23. The molecule has 25 heavy (non-hydrogen) atoms. The minimum absolute atomic E-state index is 0.0522. The van der Waals surface area contributed by atoms with Crippen molar-refractivity contribution in [1.82, 2.24) is 15.2 Å². The molecule has 2 heterocycles. The summed E-state index contributed by atoms with van der Waals surface area (Å²) in [7, 11) is 1.69. The van der Waals surface area contributed by atoms with Crippen LogP contribution < -0.4 is 10.1 Å². The first-order chi connectivity index (χ1) is 12.3. The third-order valence-electron chi connectivity index (χ3n) is 5.13. The zero-order chi connectivity index (χ0) is 17.2. The summed E-state index contributed by atoms with van der Waals surface area (Å²) in [4.78, 5) is 19.2. The molecular weight excluding hydrogens is 314 g/mol. The van der Waals surface area contributed by atoms with Crippen LogP contribution in [0.3, 0.4) is 0 Å². The molecule has 0 radical (unpaired) electrons. The number of hydrogen-bond donors (Lipinski definition) is 1. The highest BCUT2D eigenvalue weighted by Gasteiger charge is 2.43. The minimum atomic E-state index is -0.0522. The number of methoxy groups -OCH3 is 1. The first-order valence-electron chi connectivity index (χ1n) is 8.87. The zero-order valence-electron chi connectivity index (χ0n) is 14.4. The SMILES string of the molecule is COc1cccc([C@H]2[C@H](NC(=O)c3cccnc3)CCN2C2CC2)c1. The Kier molecular flexibility index (Phi) is 4.40. The maximum atomic E-state index is 12.6. The molecule has 5 heteroatoms. The molecule has 130 valence electrons. The Morgan fingerprint density at radius 2 is 2.12 bits per heavy atom. The van der Waals surface area contributed by atoms with Crippen LogP contribution >= 0.6 is 0 Å². The van der Waals surface area contributed by atoms with Gasteiger partial charge in [-0.2, -0.15) is 0 Å². The van der Waals surface area contributed by atoms with Gasteiger partial charge in [-0.15, -0.1) is 0 Å². The Labute approximate surface area is 148 Å². The van der Waals surface area contributed by atoms with Gasteiger partial charge in [0.25, 0.3) is 5.91 Å². The quantitative estimate of drug-likeness (QED) is 0.911. The Morgan fingerprint density at radius 1 is 1.24 bits per heavy atom. The number of likely N-dealkylation sites (tertiary alicyclic amines) is 1. The van der Waals surface area contributed by atoms with Crippen molar-refractivity contribution in [1.29, 1.82) is 0 Å². The summed E-state index contributed by atoms with van der Waals surface area (Å²) < 4.78 is 5.40. The van der Waals surface area contributed by atoms with E-state index < -0.39 is 0 Å². The Balaban J connectivity index is 1.58. The molecule has 5 nitrogen and oxygen atoms in total. The predicted molar refractivity (Wildman–Crippen MR) is 95.6 cm³/mol. The molecule has 2 aromatic rings. The highest BCUT2D eigenvalue weighted by molar-refractivity contribution is 5.94. The molecular formula is C20H23N3O2. The van der Waals surface area contributed by atoms with Crippen LogP contribution in [-0.2, 0) is 0 Å². The maximum Gasteiger partial charge on any atom is 0.253 e. The topological polar surface area (TPSA) is 54.5 Å². The fourth-order valence-corrected chi connectivity index (χ4v) is 3.78. The second-order valence-electron chi connectivity index (χ2n) is 6.80. The predicted octanol–water partition coefficient (Wildman–Crippen LogP) is 2.80. The molecule has 1 amide bonds. The maximum absolute atomic E-state index is 12.6.